The quantitative estimate of drug-likeness (QED) is 0.848. The molecule has 2 aromatic rings. The van der Waals surface area contributed by atoms with Gasteiger partial charge in [-0.1, -0.05) is 25.2 Å². The summed E-state index contributed by atoms with van der Waals surface area (Å²) in [6.45, 7) is 9.79. The van der Waals surface area contributed by atoms with Crippen LogP contribution < -0.4 is 10.1 Å². The highest BCUT2D eigenvalue weighted by Crippen LogP contribution is 2.29. The summed E-state index contributed by atoms with van der Waals surface area (Å²) in [5, 5.41) is 4.47. The summed E-state index contributed by atoms with van der Waals surface area (Å²) in [5.41, 5.74) is 1.02. The summed E-state index contributed by atoms with van der Waals surface area (Å²) in [6.07, 6.45) is 0. The molecule has 20 heavy (non-hydrogen) atoms. The van der Waals surface area contributed by atoms with E-state index < -0.39 is 0 Å². The first-order chi connectivity index (χ1) is 9.66. The molecular weight excluding hydrogens is 270 g/mol. The Balaban J connectivity index is 2.05. The van der Waals surface area contributed by atoms with Crippen LogP contribution in [0.5, 0.6) is 5.75 Å². The lowest BCUT2D eigenvalue weighted by Crippen LogP contribution is -2.34. The number of rotatable bonds is 7. The minimum absolute atomic E-state index is 0.386. The van der Waals surface area contributed by atoms with Crippen LogP contribution in [0.25, 0.3) is 10.2 Å². The Labute approximate surface area is 124 Å². The van der Waals surface area contributed by atoms with Crippen molar-refractivity contribution in [1.29, 1.82) is 0 Å². The van der Waals surface area contributed by atoms with Crippen LogP contribution in [0.3, 0.4) is 0 Å². The minimum Gasteiger partial charge on any atom is -0.497 e. The predicted molar refractivity (Wildman–Crippen MR) is 87.0 cm³/mol. The van der Waals surface area contributed by atoms with Crippen molar-refractivity contribution in [1.82, 2.24) is 9.88 Å². The lowest BCUT2D eigenvalue weighted by molar-refractivity contribution is 0.295. The third-order valence-corrected chi connectivity index (χ3v) is 4.34. The van der Waals surface area contributed by atoms with E-state index in [4.69, 9.17) is 4.74 Å². The van der Waals surface area contributed by atoms with E-state index in [1.165, 1.54) is 0 Å². The molecule has 1 unspecified atom stereocenters. The maximum atomic E-state index is 5.25. The summed E-state index contributed by atoms with van der Waals surface area (Å²) in [7, 11) is 1.69. The topological polar surface area (TPSA) is 37.4 Å². The number of fused-ring (bicyclic) bond motifs is 1. The maximum Gasteiger partial charge on any atom is 0.184 e. The molecule has 110 valence electrons. The summed E-state index contributed by atoms with van der Waals surface area (Å²) in [5.74, 6) is 0.879. The molecule has 0 bridgehead atoms. The molecule has 0 aliphatic rings. The molecule has 5 heteroatoms. The number of methoxy groups -OCH3 is 1. The van der Waals surface area contributed by atoms with Gasteiger partial charge in [-0.15, -0.1) is 0 Å². The van der Waals surface area contributed by atoms with Crippen LogP contribution in [0.2, 0.25) is 0 Å². The summed E-state index contributed by atoms with van der Waals surface area (Å²) in [6, 6.07) is 6.38. The number of hydrogen-bond donors (Lipinski definition) is 1. The second-order valence-corrected chi connectivity index (χ2v) is 5.91. The standard InChI is InChI=1S/C15H23N3OS/c1-5-18(6-2)10-11(3)16-15-17-13-8-7-12(19-4)9-14(13)20-15/h7-9,11H,5-6,10H2,1-4H3,(H,16,17). The van der Waals surface area contributed by atoms with Gasteiger partial charge in [0.2, 0.25) is 0 Å². The van der Waals surface area contributed by atoms with E-state index in [0.717, 1.165) is 40.7 Å². The van der Waals surface area contributed by atoms with Crippen LogP contribution in [0.4, 0.5) is 5.13 Å². The fourth-order valence-corrected chi connectivity index (χ4v) is 3.22. The van der Waals surface area contributed by atoms with Gasteiger partial charge in [0.1, 0.15) is 5.75 Å². The van der Waals surface area contributed by atoms with Gasteiger partial charge < -0.3 is 15.0 Å². The first-order valence-corrected chi connectivity index (χ1v) is 7.91. The first-order valence-electron chi connectivity index (χ1n) is 7.09. The van der Waals surface area contributed by atoms with Gasteiger partial charge in [0, 0.05) is 12.6 Å². The zero-order valence-corrected chi connectivity index (χ0v) is 13.5. The predicted octanol–water partition coefficient (Wildman–Crippen LogP) is 3.45. The molecule has 1 atom stereocenters. The molecule has 1 aromatic heterocycles. The average Bonchev–Trinajstić information content (AvgIpc) is 2.85. The number of anilines is 1. The average molecular weight is 293 g/mol. The number of ether oxygens (including phenoxy) is 1. The molecule has 0 saturated carbocycles. The molecule has 0 saturated heterocycles. The molecule has 1 aromatic carbocycles. The highest BCUT2D eigenvalue weighted by atomic mass is 32.1. The maximum absolute atomic E-state index is 5.25. The smallest absolute Gasteiger partial charge is 0.184 e. The van der Waals surface area contributed by atoms with E-state index in [-0.39, 0.29) is 0 Å². The molecular formula is C15H23N3OS. The van der Waals surface area contributed by atoms with Crippen LogP contribution in [0, 0.1) is 0 Å². The number of aromatic nitrogens is 1. The number of benzene rings is 1. The van der Waals surface area contributed by atoms with E-state index in [0.29, 0.717) is 6.04 Å². The van der Waals surface area contributed by atoms with Crippen molar-refractivity contribution in [3.8, 4) is 5.75 Å². The van der Waals surface area contributed by atoms with Crippen molar-refractivity contribution < 1.29 is 4.74 Å². The number of nitrogens with zero attached hydrogens (tertiary/aromatic N) is 2. The second-order valence-electron chi connectivity index (χ2n) is 4.88. The Hall–Kier alpha value is -1.33. The Morgan fingerprint density at radius 3 is 2.75 bits per heavy atom. The Morgan fingerprint density at radius 2 is 2.10 bits per heavy atom. The third-order valence-electron chi connectivity index (χ3n) is 3.39. The molecule has 0 spiro atoms. The molecule has 0 aliphatic heterocycles. The Bertz CT molecular complexity index is 551. The summed E-state index contributed by atoms with van der Waals surface area (Å²) in [4.78, 5) is 7.03. The minimum atomic E-state index is 0.386. The van der Waals surface area contributed by atoms with Crippen LogP contribution in [-0.4, -0.2) is 42.7 Å². The van der Waals surface area contributed by atoms with Gasteiger partial charge in [-0.05, 0) is 38.2 Å². The second kappa shape index (κ2) is 6.90. The van der Waals surface area contributed by atoms with Crippen molar-refractivity contribution in [2.45, 2.75) is 26.8 Å². The van der Waals surface area contributed by atoms with Gasteiger partial charge in [-0.25, -0.2) is 4.98 Å². The zero-order chi connectivity index (χ0) is 14.5. The molecule has 0 aliphatic carbocycles. The van der Waals surface area contributed by atoms with Crippen LogP contribution in [-0.2, 0) is 0 Å². The van der Waals surface area contributed by atoms with E-state index in [2.05, 4.69) is 36.0 Å². The van der Waals surface area contributed by atoms with Gasteiger partial charge in [-0.2, -0.15) is 0 Å². The fraction of sp³-hybridized carbons (Fsp3) is 0.533. The summed E-state index contributed by atoms with van der Waals surface area (Å²) >= 11 is 1.68. The fourth-order valence-electron chi connectivity index (χ4n) is 2.22. The van der Waals surface area contributed by atoms with Crippen molar-refractivity contribution in [2.24, 2.45) is 0 Å². The molecule has 2 rings (SSSR count). The van der Waals surface area contributed by atoms with Crippen molar-refractivity contribution in [3.63, 3.8) is 0 Å². The van der Waals surface area contributed by atoms with E-state index >= 15 is 0 Å². The van der Waals surface area contributed by atoms with Gasteiger partial charge in [0.15, 0.2) is 5.13 Å². The van der Waals surface area contributed by atoms with Crippen molar-refractivity contribution in [2.75, 3.05) is 32.1 Å². The van der Waals surface area contributed by atoms with Gasteiger partial charge >= 0.3 is 0 Å². The summed E-state index contributed by atoms with van der Waals surface area (Å²) < 4.78 is 6.40. The van der Waals surface area contributed by atoms with E-state index in [1.54, 1.807) is 18.4 Å². The van der Waals surface area contributed by atoms with Gasteiger partial charge in [-0.3, -0.25) is 0 Å². The van der Waals surface area contributed by atoms with Crippen molar-refractivity contribution >= 4 is 26.7 Å². The lowest BCUT2D eigenvalue weighted by Gasteiger charge is -2.23. The number of likely N-dealkylation sites (N-methyl/N-ethyl adjacent to an activating group) is 1. The zero-order valence-electron chi connectivity index (χ0n) is 12.6. The van der Waals surface area contributed by atoms with Gasteiger partial charge in [0.05, 0.1) is 17.3 Å². The Kier molecular flexibility index (Phi) is 5.20. The SMILES string of the molecule is CCN(CC)CC(C)Nc1nc2ccc(OC)cc2s1. The molecule has 1 N–H and O–H groups in total. The van der Waals surface area contributed by atoms with Crippen LogP contribution in [0.1, 0.15) is 20.8 Å². The number of nitrogens with one attached hydrogen (secondary N) is 1. The van der Waals surface area contributed by atoms with Gasteiger partial charge in [0.25, 0.3) is 0 Å². The molecule has 0 radical (unpaired) electrons. The van der Waals surface area contributed by atoms with E-state index in [9.17, 15) is 0 Å². The Morgan fingerprint density at radius 1 is 1.35 bits per heavy atom. The lowest BCUT2D eigenvalue weighted by atomic mass is 10.3. The van der Waals surface area contributed by atoms with Crippen molar-refractivity contribution in [3.05, 3.63) is 18.2 Å². The molecule has 0 amide bonds. The number of hydrogen-bond acceptors (Lipinski definition) is 5. The monoisotopic (exact) mass is 293 g/mol. The first kappa shape index (κ1) is 15.1. The highest BCUT2D eigenvalue weighted by molar-refractivity contribution is 7.22. The molecule has 0 fully saturated rings. The molecule has 4 nitrogen and oxygen atoms in total. The van der Waals surface area contributed by atoms with Crippen LogP contribution in [0.15, 0.2) is 18.2 Å². The number of thiazole rings is 1. The molecule has 1 heterocycles. The highest BCUT2D eigenvalue weighted by Gasteiger charge is 2.10. The third kappa shape index (κ3) is 3.61. The largest absolute Gasteiger partial charge is 0.497 e. The van der Waals surface area contributed by atoms with Crippen LogP contribution >= 0.6 is 11.3 Å². The van der Waals surface area contributed by atoms with E-state index in [1.807, 2.05) is 18.2 Å². The normalized spacial score (nSPS) is 12.8.